The third-order valence-electron chi connectivity index (χ3n) is 5.22. The van der Waals surface area contributed by atoms with Gasteiger partial charge in [-0.05, 0) is 39.8 Å². The van der Waals surface area contributed by atoms with E-state index >= 15 is 0 Å². The Morgan fingerprint density at radius 2 is 1.62 bits per heavy atom. The van der Waals surface area contributed by atoms with Crippen molar-refractivity contribution >= 4 is 15.9 Å². The highest BCUT2D eigenvalue weighted by Crippen LogP contribution is 2.30. The van der Waals surface area contributed by atoms with Crippen molar-refractivity contribution in [1.82, 2.24) is 9.21 Å². The molecule has 0 aliphatic carbocycles. The summed E-state index contributed by atoms with van der Waals surface area (Å²) in [7, 11) is -0.639. The van der Waals surface area contributed by atoms with Gasteiger partial charge >= 0.3 is 0 Å². The summed E-state index contributed by atoms with van der Waals surface area (Å²) < 4.78 is 37.9. The predicted octanol–water partition coefficient (Wildman–Crippen LogP) is 0.238. The normalized spacial score (nSPS) is 16.3. The van der Waals surface area contributed by atoms with E-state index in [1.807, 2.05) is 32.6 Å². The van der Waals surface area contributed by atoms with E-state index in [0.717, 1.165) is 4.90 Å². The molecule has 0 bridgehead atoms. The van der Waals surface area contributed by atoms with Crippen LogP contribution in [0, 0.1) is 0 Å². The quantitative estimate of drug-likeness (QED) is 0.642. The van der Waals surface area contributed by atoms with Crippen molar-refractivity contribution in [3.8, 4) is 11.5 Å². The second-order valence-electron chi connectivity index (χ2n) is 7.84. The van der Waals surface area contributed by atoms with E-state index in [-0.39, 0.29) is 22.9 Å². The molecule has 0 spiro atoms. The number of hydrogen-bond donors (Lipinski definition) is 1. The molecule has 8 nitrogen and oxygen atoms in total. The average Bonchev–Trinajstić information content (AvgIpc) is 2.67. The molecule has 1 aliphatic rings. The van der Waals surface area contributed by atoms with Crippen LogP contribution in [-0.4, -0.2) is 82.6 Å². The first-order chi connectivity index (χ1) is 13.6. The lowest BCUT2D eigenvalue weighted by molar-refractivity contribution is -0.896. The second-order valence-corrected chi connectivity index (χ2v) is 9.77. The van der Waals surface area contributed by atoms with Crippen LogP contribution >= 0.6 is 0 Å². The first-order valence-corrected chi connectivity index (χ1v) is 11.4. The van der Waals surface area contributed by atoms with Crippen molar-refractivity contribution in [3.05, 3.63) is 18.2 Å². The van der Waals surface area contributed by atoms with Crippen molar-refractivity contribution in [2.75, 3.05) is 46.9 Å². The van der Waals surface area contributed by atoms with Crippen LogP contribution in [0.15, 0.2) is 23.1 Å². The number of methoxy groups -OCH3 is 2. The van der Waals surface area contributed by atoms with Gasteiger partial charge in [0, 0.05) is 18.2 Å². The number of benzene rings is 1. The van der Waals surface area contributed by atoms with Gasteiger partial charge in [0.1, 0.15) is 0 Å². The average molecular weight is 429 g/mol. The van der Waals surface area contributed by atoms with Crippen molar-refractivity contribution in [2.45, 2.75) is 44.7 Å². The number of carbonyl (C=O) groups is 1. The molecule has 0 aromatic heterocycles. The second kappa shape index (κ2) is 9.77. The van der Waals surface area contributed by atoms with E-state index in [1.54, 1.807) is 6.07 Å². The number of quaternary nitrogens is 1. The van der Waals surface area contributed by atoms with Crippen LogP contribution in [0.4, 0.5) is 0 Å². The third-order valence-corrected chi connectivity index (χ3v) is 7.12. The summed E-state index contributed by atoms with van der Waals surface area (Å²) in [6, 6.07) is 4.91. The number of piperazine rings is 1. The van der Waals surface area contributed by atoms with Crippen molar-refractivity contribution in [2.24, 2.45) is 0 Å². The number of carbonyl (C=O) groups excluding carboxylic acids is 1. The SMILES string of the molecule is COc1ccc(S(=O)(=O)N2CC[NH+](CC(=O)N(C(C)C)C(C)C)CC2)cc1OC. The van der Waals surface area contributed by atoms with Crippen LogP contribution in [0.2, 0.25) is 0 Å². The summed E-state index contributed by atoms with van der Waals surface area (Å²) in [5.41, 5.74) is 0. The third kappa shape index (κ3) is 5.40. The van der Waals surface area contributed by atoms with E-state index in [4.69, 9.17) is 9.47 Å². The van der Waals surface area contributed by atoms with Crippen LogP contribution in [-0.2, 0) is 14.8 Å². The van der Waals surface area contributed by atoms with Gasteiger partial charge in [-0.25, -0.2) is 8.42 Å². The van der Waals surface area contributed by atoms with Gasteiger partial charge in [0.15, 0.2) is 18.0 Å². The standard InChI is InChI=1S/C20H33N3O5S/c1-15(2)23(16(3)4)20(24)14-21-9-11-22(12-10-21)29(25,26)17-7-8-18(27-5)19(13-17)28-6/h7-8,13,15-16H,9-12,14H2,1-6H3/p+1. The van der Waals surface area contributed by atoms with Crippen LogP contribution in [0.1, 0.15) is 27.7 Å². The number of ether oxygens (including phenoxy) is 2. The number of amides is 1. The topological polar surface area (TPSA) is 80.6 Å². The zero-order valence-electron chi connectivity index (χ0n) is 18.3. The van der Waals surface area contributed by atoms with Gasteiger partial charge < -0.3 is 19.3 Å². The number of rotatable bonds is 8. The molecule has 0 saturated carbocycles. The molecular weight excluding hydrogens is 394 g/mol. The molecule has 9 heteroatoms. The molecule has 2 rings (SSSR count). The number of hydrogen-bond acceptors (Lipinski definition) is 5. The Bertz CT molecular complexity index is 794. The van der Waals surface area contributed by atoms with Crippen molar-refractivity contribution in [1.29, 1.82) is 0 Å². The lowest BCUT2D eigenvalue weighted by atomic mass is 10.2. The molecule has 1 aromatic rings. The van der Waals surface area contributed by atoms with Crippen molar-refractivity contribution in [3.63, 3.8) is 0 Å². The minimum absolute atomic E-state index is 0.112. The molecule has 1 heterocycles. The van der Waals surface area contributed by atoms with E-state index < -0.39 is 10.0 Å². The van der Waals surface area contributed by atoms with E-state index in [0.29, 0.717) is 44.2 Å². The van der Waals surface area contributed by atoms with Crippen LogP contribution in [0.25, 0.3) is 0 Å². The van der Waals surface area contributed by atoms with Gasteiger partial charge in [0.25, 0.3) is 5.91 Å². The smallest absolute Gasteiger partial charge is 0.278 e. The fourth-order valence-electron chi connectivity index (χ4n) is 3.82. The van der Waals surface area contributed by atoms with Gasteiger partial charge in [0.2, 0.25) is 10.0 Å². The van der Waals surface area contributed by atoms with Gasteiger partial charge in [-0.2, -0.15) is 4.31 Å². The summed E-state index contributed by atoms with van der Waals surface area (Å²) in [6.45, 7) is 10.4. The Labute approximate surface area is 174 Å². The van der Waals surface area contributed by atoms with E-state index in [2.05, 4.69) is 0 Å². The highest BCUT2D eigenvalue weighted by molar-refractivity contribution is 7.89. The maximum absolute atomic E-state index is 13.0. The molecule has 1 aromatic carbocycles. The van der Waals surface area contributed by atoms with Gasteiger partial charge in [0.05, 0.1) is 45.3 Å². The lowest BCUT2D eigenvalue weighted by Crippen LogP contribution is -3.15. The van der Waals surface area contributed by atoms with E-state index in [1.165, 1.54) is 30.7 Å². The highest BCUT2D eigenvalue weighted by atomic mass is 32.2. The first-order valence-electron chi connectivity index (χ1n) is 9.98. The Balaban J connectivity index is 2.04. The lowest BCUT2D eigenvalue weighted by Gasteiger charge is -2.35. The molecule has 164 valence electrons. The molecule has 0 radical (unpaired) electrons. The zero-order valence-corrected chi connectivity index (χ0v) is 19.1. The Hall–Kier alpha value is -1.84. The zero-order chi connectivity index (χ0) is 21.8. The van der Waals surface area contributed by atoms with Gasteiger partial charge in [-0.3, -0.25) is 4.79 Å². The summed E-state index contributed by atoms with van der Waals surface area (Å²) in [5, 5.41) is 0. The molecule has 29 heavy (non-hydrogen) atoms. The molecule has 0 atom stereocenters. The first kappa shape index (κ1) is 23.4. The van der Waals surface area contributed by atoms with Gasteiger partial charge in [-0.1, -0.05) is 0 Å². The van der Waals surface area contributed by atoms with Crippen LogP contribution < -0.4 is 14.4 Å². The Morgan fingerprint density at radius 1 is 1.07 bits per heavy atom. The number of nitrogens with one attached hydrogen (secondary N) is 1. The molecule has 1 fully saturated rings. The molecule has 1 aliphatic heterocycles. The summed E-state index contributed by atoms with van der Waals surface area (Å²) in [5.74, 6) is 0.978. The Morgan fingerprint density at radius 3 is 2.10 bits per heavy atom. The molecule has 1 amide bonds. The molecule has 0 unspecified atom stereocenters. The van der Waals surface area contributed by atoms with Crippen molar-refractivity contribution < 1.29 is 27.6 Å². The minimum atomic E-state index is -3.63. The fourth-order valence-corrected chi connectivity index (χ4v) is 5.28. The molecular formula is C20H34N3O5S+. The maximum Gasteiger partial charge on any atom is 0.278 e. The highest BCUT2D eigenvalue weighted by Gasteiger charge is 2.33. The van der Waals surface area contributed by atoms with Crippen LogP contribution in [0.3, 0.4) is 0 Å². The maximum atomic E-state index is 13.0. The largest absolute Gasteiger partial charge is 0.493 e. The predicted molar refractivity (Wildman–Crippen MR) is 111 cm³/mol. The number of nitrogens with zero attached hydrogens (tertiary/aromatic N) is 2. The molecule has 1 saturated heterocycles. The minimum Gasteiger partial charge on any atom is -0.493 e. The monoisotopic (exact) mass is 428 g/mol. The number of sulfonamides is 1. The summed E-state index contributed by atoms with van der Waals surface area (Å²) in [4.78, 5) is 15.9. The fraction of sp³-hybridized carbons (Fsp3) is 0.650. The van der Waals surface area contributed by atoms with Crippen LogP contribution in [0.5, 0.6) is 11.5 Å². The van der Waals surface area contributed by atoms with Gasteiger partial charge in [-0.15, -0.1) is 0 Å². The summed E-state index contributed by atoms with van der Waals surface area (Å²) in [6.07, 6.45) is 0. The summed E-state index contributed by atoms with van der Waals surface area (Å²) >= 11 is 0. The molecule has 1 N–H and O–H groups in total. The Kier molecular flexibility index (Phi) is 7.90. The van der Waals surface area contributed by atoms with E-state index in [9.17, 15) is 13.2 Å².